The summed E-state index contributed by atoms with van der Waals surface area (Å²) in [4.78, 5) is 43.6. The monoisotopic (exact) mass is 363 g/mol. The average molecular weight is 363 g/mol. The predicted molar refractivity (Wildman–Crippen MR) is 101 cm³/mol. The molecule has 0 aliphatic heterocycles. The Morgan fingerprint density at radius 2 is 1.96 bits per heavy atom. The summed E-state index contributed by atoms with van der Waals surface area (Å²) in [5, 5.41) is 2.77. The second-order valence-corrected chi connectivity index (χ2v) is 6.92. The molecular formula is C18H29N5O3. The van der Waals surface area contributed by atoms with Crippen LogP contribution in [0.15, 0.2) is 9.59 Å². The predicted octanol–water partition coefficient (Wildman–Crippen LogP) is 1.41. The third-order valence-electron chi connectivity index (χ3n) is 4.20. The van der Waals surface area contributed by atoms with Gasteiger partial charge in [-0.05, 0) is 19.3 Å². The number of carbonyl (C=O) groups excluding carboxylic acids is 1. The molecule has 8 heteroatoms. The lowest BCUT2D eigenvalue weighted by atomic mass is 10.2. The number of aryl methyl sites for hydroxylation is 2. The van der Waals surface area contributed by atoms with Crippen LogP contribution in [0.25, 0.3) is 11.2 Å². The number of hydrogen-bond donors (Lipinski definition) is 2. The molecule has 2 aromatic heterocycles. The van der Waals surface area contributed by atoms with Crippen molar-refractivity contribution >= 4 is 17.1 Å². The Hall–Kier alpha value is -2.38. The lowest BCUT2D eigenvalue weighted by molar-refractivity contribution is -0.120. The van der Waals surface area contributed by atoms with Crippen molar-refractivity contribution in [3.8, 4) is 0 Å². The van der Waals surface area contributed by atoms with Crippen LogP contribution in [0.1, 0.15) is 52.8 Å². The summed E-state index contributed by atoms with van der Waals surface area (Å²) in [6.45, 7) is 9.73. The number of fused-ring (bicyclic) bond motifs is 1. The molecule has 0 fully saturated rings. The van der Waals surface area contributed by atoms with Gasteiger partial charge in [0.05, 0.1) is 0 Å². The molecule has 0 aliphatic carbocycles. The molecule has 0 saturated heterocycles. The van der Waals surface area contributed by atoms with Gasteiger partial charge in [-0.3, -0.25) is 19.1 Å². The highest BCUT2D eigenvalue weighted by Gasteiger charge is 2.19. The van der Waals surface area contributed by atoms with Crippen molar-refractivity contribution in [2.45, 2.75) is 66.5 Å². The van der Waals surface area contributed by atoms with Gasteiger partial charge in [0.2, 0.25) is 5.91 Å². The molecule has 0 bridgehead atoms. The molecule has 0 atom stereocenters. The van der Waals surface area contributed by atoms with E-state index in [0.717, 1.165) is 12.8 Å². The quantitative estimate of drug-likeness (QED) is 0.703. The number of aromatic nitrogens is 4. The lowest BCUT2D eigenvalue weighted by Gasteiger charge is -2.11. The standard InChI is InChI=1S/C18H29N5O3/c1-5-7-10-22-16-15(17(25)21-18(22)26)23(11-12(3)4)13(20-16)8-9-14(24)19-6-2/h12H,5-11H2,1-4H3,(H,19,24)(H,21,25,26). The van der Waals surface area contributed by atoms with Crippen LogP contribution < -0.4 is 16.6 Å². The zero-order valence-electron chi connectivity index (χ0n) is 16.1. The molecular weight excluding hydrogens is 334 g/mol. The van der Waals surface area contributed by atoms with Gasteiger partial charge < -0.3 is 9.88 Å². The molecule has 144 valence electrons. The van der Waals surface area contributed by atoms with E-state index in [4.69, 9.17) is 0 Å². The van der Waals surface area contributed by atoms with Crippen LogP contribution in [0.2, 0.25) is 0 Å². The van der Waals surface area contributed by atoms with Crippen molar-refractivity contribution in [1.82, 2.24) is 24.4 Å². The molecule has 2 aromatic rings. The van der Waals surface area contributed by atoms with Crippen molar-refractivity contribution in [2.75, 3.05) is 6.54 Å². The van der Waals surface area contributed by atoms with E-state index < -0.39 is 11.2 Å². The Morgan fingerprint density at radius 1 is 1.23 bits per heavy atom. The van der Waals surface area contributed by atoms with Crippen molar-refractivity contribution in [2.24, 2.45) is 5.92 Å². The maximum absolute atomic E-state index is 12.5. The third kappa shape index (κ3) is 4.42. The molecule has 0 unspecified atom stereocenters. The van der Waals surface area contributed by atoms with Crippen LogP contribution in [-0.4, -0.2) is 31.6 Å². The fraction of sp³-hybridized carbons (Fsp3) is 0.667. The largest absolute Gasteiger partial charge is 0.356 e. The minimum Gasteiger partial charge on any atom is -0.356 e. The fourth-order valence-corrected chi connectivity index (χ4v) is 3.00. The van der Waals surface area contributed by atoms with Gasteiger partial charge in [-0.2, -0.15) is 0 Å². The Labute approximate surface area is 152 Å². The summed E-state index contributed by atoms with van der Waals surface area (Å²) < 4.78 is 3.40. The molecule has 26 heavy (non-hydrogen) atoms. The van der Waals surface area contributed by atoms with Crippen molar-refractivity contribution < 1.29 is 4.79 Å². The van der Waals surface area contributed by atoms with Crippen LogP contribution in [0.5, 0.6) is 0 Å². The van der Waals surface area contributed by atoms with E-state index in [9.17, 15) is 14.4 Å². The molecule has 0 saturated carbocycles. The van der Waals surface area contributed by atoms with E-state index in [1.807, 2.05) is 18.4 Å². The summed E-state index contributed by atoms with van der Waals surface area (Å²) >= 11 is 0. The van der Waals surface area contributed by atoms with E-state index in [0.29, 0.717) is 55.4 Å². The molecule has 0 radical (unpaired) electrons. The normalized spacial score (nSPS) is 11.4. The number of unbranched alkanes of at least 4 members (excludes halogenated alkanes) is 1. The SMILES string of the molecule is CCCCn1c(=O)[nH]c(=O)c2c1nc(CCC(=O)NCC)n2CC(C)C. The molecule has 1 amide bonds. The van der Waals surface area contributed by atoms with Crippen LogP contribution in [0, 0.1) is 5.92 Å². The van der Waals surface area contributed by atoms with Crippen molar-refractivity contribution in [1.29, 1.82) is 0 Å². The number of imidazole rings is 1. The highest BCUT2D eigenvalue weighted by molar-refractivity contribution is 5.76. The Balaban J connectivity index is 2.56. The van der Waals surface area contributed by atoms with Crippen LogP contribution >= 0.6 is 0 Å². The maximum Gasteiger partial charge on any atom is 0.330 e. The highest BCUT2D eigenvalue weighted by Crippen LogP contribution is 2.16. The number of hydrogen-bond acceptors (Lipinski definition) is 4. The van der Waals surface area contributed by atoms with E-state index in [2.05, 4.69) is 29.1 Å². The van der Waals surface area contributed by atoms with Gasteiger partial charge in [-0.1, -0.05) is 27.2 Å². The first kappa shape index (κ1) is 19.9. The Kier molecular flexibility index (Phi) is 6.76. The van der Waals surface area contributed by atoms with Crippen molar-refractivity contribution in [3.63, 3.8) is 0 Å². The van der Waals surface area contributed by atoms with Gasteiger partial charge in [0, 0.05) is 32.5 Å². The number of rotatable bonds is 9. The van der Waals surface area contributed by atoms with E-state index >= 15 is 0 Å². The first-order chi connectivity index (χ1) is 12.4. The summed E-state index contributed by atoms with van der Waals surface area (Å²) in [6.07, 6.45) is 2.48. The van der Waals surface area contributed by atoms with Gasteiger partial charge in [0.15, 0.2) is 11.2 Å². The minimum atomic E-state index is -0.430. The number of H-pyrrole nitrogens is 1. The van der Waals surface area contributed by atoms with Crippen LogP contribution in [-0.2, 0) is 24.3 Å². The average Bonchev–Trinajstić information content (AvgIpc) is 2.91. The van der Waals surface area contributed by atoms with Gasteiger partial charge in [0.1, 0.15) is 5.82 Å². The number of carbonyl (C=O) groups is 1. The van der Waals surface area contributed by atoms with Gasteiger partial charge in [0.25, 0.3) is 5.56 Å². The molecule has 0 aromatic carbocycles. The highest BCUT2D eigenvalue weighted by atomic mass is 16.2. The maximum atomic E-state index is 12.5. The second kappa shape index (κ2) is 8.82. The lowest BCUT2D eigenvalue weighted by Crippen LogP contribution is -2.31. The molecule has 8 nitrogen and oxygen atoms in total. The van der Waals surface area contributed by atoms with Gasteiger partial charge in [-0.15, -0.1) is 0 Å². The first-order valence-corrected chi connectivity index (χ1v) is 9.37. The zero-order valence-corrected chi connectivity index (χ0v) is 16.1. The zero-order chi connectivity index (χ0) is 19.3. The van der Waals surface area contributed by atoms with Crippen LogP contribution in [0.4, 0.5) is 0 Å². The summed E-state index contributed by atoms with van der Waals surface area (Å²) in [5.41, 5.74) is -0.0189. The molecule has 2 N–H and O–H groups in total. The van der Waals surface area contributed by atoms with Crippen molar-refractivity contribution in [3.05, 3.63) is 26.7 Å². The second-order valence-electron chi connectivity index (χ2n) is 6.92. The summed E-state index contributed by atoms with van der Waals surface area (Å²) in [6, 6.07) is 0. The Bertz CT molecular complexity index is 875. The van der Waals surface area contributed by atoms with E-state index in [1.54, 1.807) is 0 Å². The minimum absolute atomic E-state index is 0.0482. The van der Waals surface area contributed by atoms with Gasteiger partial charge in [-0.25, -0.2) is 9.78 Å². The van der Waals surface area contributed by atoms with E-state index in [1.165, 1.54) is 4.57 Å². The smallest absolute Gasteiger partial charge is 0.330 e. The summed E-state index contributed by atoms with van der Waals surface area (Å²) in [5.74, 6) is 0.917. The van der Waals surface area contributed by atoms with Crippen LogP contribution in [0.3, 0.4) is 0 Å². The molecule has 2 heterocycles. The number of aromatic amines is 1. The van der Waals surface area contributed by atoms with E-state index in [-0.39, 0.29) is 5.91 Å². The summed E-state index contributed by atoms with van der Waals surface area (Å²) in [7, 11) is 0. The third-order valence-corrected chi connectivity index (χ3v) is 4.20. The molecule has 0 aliphatic rings. The Morgan fingerprint density at radius 3 is 2.58 bits per heavy atom. The first-order valence-electron chi connectivity index (χ1n) is 9.37. The topological polar surface area (TPSA) is 102 Å². The number of nitrogens with zero attached hydrogens (tertiary/aromatic N) is 3. The number of nitrogens with one attached hydrogen (secondary N) is 2. The molecule has 2 rings (SSSR count). The number of amides is 1. The fourth-order valence-electron chi connectivity index (χ4n) is 3.00. The molecule has 0 spiro atoms. The van der Waals surface area contributed by atoms with Gasteiger partial charge >= 0.3 is 5.69 Å².